The molecule has 0 unspecified atom stereocenters. The smallest absolute Gasteiger partial charge is 0.230 e. The average molecular weight is 244 g/mol. The van der Waals surface area contributed by atoms with Crippen molar-refractivity contribution in [1.82, 2.24) is 0 Å². The van der Waals surface area contributed by atoms with Gasteiger partial charge in [0.2, 0.25) is 5.91 Å². The molecule has 0 heterocycles. The fourth-order valence-corrected chi connectivity index (χ4v) is 1.87. The zero-order valence-corrected chi connectivity index (χ0v) is 9.77. The number of anilines is 1. The first-order valence-corrected chi connectivity index (χ1v) is 5.50. The molecule has 1 N–H and O–H groups in total. The zero-order chi connectivity index (χ0) is 11.1. The van der Waals surface area contributed by atoms with Crippen molar-refractivity contribution >= 4 is 34.8 Å². The van der Waals surface area contributed by atoms with Crippen molar-refractivity contribution in [3.8, 4) is 0 Å². The number of alkyl halides is 2. The van der Waals surface area contributed by atoms with Gasteiger partial charge in [-0.05, 0) is 25.5 Å². The third-order valence-corrected chi connectivity index (χ3v) is 3.30. The van der Waals surface area contributed by atoms with E-state index in [1.807, 2.05) is 31.2 Å². The fraction of sp³-hybridized carbons (Fsp3) is 0.364. The van der Waals surface area contributed by atoms with Crippen molar-refractivity contribution in [3.63, 3.8) is 0 Å². The maximum absolute atomic E-state index is 11.6. The highest BCUT2D eigenvalue weighted by Crippen LogP contribution is 2.53. The lowest BCUT2D eigenvalue weighted by Gasteiger charge is -2.05. The molecule has 15 heavy (non-hydrogen) atoms. The molecule has 1 fully saturated rings. The number of halogens is 2. The van der Waals surface area contributed by atoms with Crippen LogP contribution in [0.1, 0.15) is 12.0 Å². The van der Waals surface area contributed by atoms with Gasteiger partial charge in [-0.1, -0.05) is 17.7 Å². The number of carbonyl (C=O) groups is 1. The zero-order valence-electron chi connectivity index (χ0n) is 8.26. The summed E-state index contributed by atoms with van der Waals surface area (Å²) in [4.78, 5) is 11.6. The van der Waals surface area contributed by atoms with E-state index in [0.717, 1.165) is 11.3 Å². The Morgan fingerprint density at radius 2 is 1.93 bits per heavy atom. The normalized spacial score (nSPS) is 22.2. The summed E-state index contributed by atoms with van der Waals surface area (Å²) >= 11 is 11.6. The average Bonchev–Trinajstić information content (AvgIpc) is 2.79. The van der Waals surface area contributed by atoms with Crippen molar-refractivity contribution in [2.24, 2.45) is 5.92 Å². The van der Waals surface area contributed by atoms with Crippen LogP contribution in [0.5, 0.6) is 0 Å². The Morgan fingerprint density at radius 1 is 1.40 bits per heavy atom. The van der Waals surface area contributed by atoms with Crippen molar-refractivity contribution in [3.05, 3.63) is 29.8 Å². The van der Waals surface area contributed by atoms with E-state index in [4.69, 9.17) is 23.2 Å². The van der Waals surface area contributed by atoms with Crippen LogP contribution in [0, 0.1) is 12.8 Å². The second-order valence-corrected chi connectivity index (χ2v) is 5.42. The van der Waals surface area contributed by atoms with Gasteiger partial charge < -0.3 is 5.32 Å². The van der Waals surface area contributed by atoms with Crippen LogP contribution in [-0.4, -0.2) is 10.2 Å². The Morgan fingerprint density at radius 3 is 2.40 bits per heavy atom. The van der Waals surface area contributed by atoms with Gasteiger partial charge in [-0.25, -0.2) is 0 Å². The molecule has 0 spiro atoms. The molecule has 0 saturated heterocycles. The van der Waals surface area contributed by atoms with Gasteiger partial charge in [-0.2, -0.15) is 0 Å². The van der Waals surface area contributed by atoms with Gasteiger partial charge in [-0.3, -0.25) is 4.79 Å². The monoisotopic (exact) mass is 243 g/mol. The fourth-order valence-electron chi connectivity index (χ4n) is 1.36. The molecule has 1 atom stereocenters. The van der Waals surface area contributed by atoms with E-state index in [0.29, 0.717) is 6.42 Å². The predicted molar refractivity (Wildman–Crippen MR) is 62.4 cm³/mol. The number of amides is 1. The van der Waals surface area contributed by atoms with Gasteiger partial charge in [0.15, 0.2) is 0 Å². The molecule has 2 rings (SSSR count). The van der Waals surface area contributed by atoms with Crippen molar-refractivity contribution < 1.29 is 4.79 Å². The molecule has 1 aromatic carbocycles. The summed E-state index contributed by atoms with van der Waals surface area (Å²) in [6, 6.07) is 7.60. The van der Waals surface area contributed by atoms with Crippen LogP contribution in [-0.2, 0) is 4.79 Å². The van der Waals surface area contributed by atoms with Gasteiger partial charge in [0.25, 0.3) is 0 Å². The Hall–Kier alpha value is -0.730. The lowest BCUT2D eigenvalue weighted by molar-refractivity contribution is -0.117. The van der Waals surface area contributed by atoms with E-state index in [-0.39, 0.29) is 11.8 Å². The molecule has 1 aliphatic carbocycles. The van der Waals surface area contributed by atoms with Gasteiger partial charge in [0.1, 0.15) is 4.33 Å². The van der Waals surface area contributed by atoms with Gasteiger partial charge in [0, 0.05) is 5.69 Å². The third kappa shape index (κ3) is 2.44. The standard InChI is InChI=1S/C11H11Cl2NO/c1-7-2-4-8(5-3-7)14-10(15)9-6-11(9,12)13/h2-5,9H,6H2,1H3,(H,14,15)/t9-/m0/s1. The highest BCUT2D eigenvalue weighted by atomic mass is 35.5. The minimum atomic E-state index is -0.852. The van der Waals surface area contributed by atoms with Crippen molar-refractivity contribution in [1.29, 1.82) is 0 Å². The summed E-state index contributed by atoms with van der Waals surface area (Å²) in [6.45, 7) is 2.00. The Labute approximate surface area is 98.6 Å². The van der Waals surface area contributed by atoms with E-state index < -0.39 is 4.33 Å². The van der Waals surface area contributed by atoms with Crippen LogP contribution in [0.3, 0.4) is 0 Å². The van der Waals surface area contributed by atoms with Crippen LogP contribution in [0.2, 0.25) is 0 Å². The third-order valence-electron chi connectivity index (χ3n) is 2.46. The topological polar surface area (TPSA) is 29.1 Å². The summed E-state index contributed by atoms with van der Waals surface area (Å²) in [5, 5.41) is 2.78. The Kier molecular flexibility index (Phi) is 2.65. The highest BCUT2D eigenvalue weighted by Gasteiger charge is 2.56. The second-order valence-electron chi connectivity index (χ2n) is 3.87. The van der Waals surface area contributed by atoms with E-state index in [9.17, 15) is 4.79 Å². The molecule has 1 aromatic rings. The molecule has 4 heteroatoms. The van der Waals surface area contributed by atoms with E-state index in [2.05, 4.69) is 5.32 Å². The largest absolute Gasteiger partial charge is 0.326 e. The summed E-state index contributed by atoms with van der Waals surface area (Å²) in [5.74, 6) is -0.383. The first-order valence-electron chi connectivity index (χ1n) is 4.74. The molecule has 1 saturated carbocycles. The van der Waals surface area contributed by atoms with Gasteiger partial charge >= 0.3 is 0 Å². The highest BCUT2D eigenvalue weighted by molar-refractivity contribution is 6.52. The molecule has 0 bridgehead atoms. The Balaban J connectivity index is 1.98. The molecular formula is C11H11Cl2NO. The summed E-state index contributed by atoms with van der Waals surface area (Å²) in [6.07, 6.45) is 0.536. The van der Waals surface area contributed by atoms with Crippen LogP contribution in [0.15, 0.2) is 24.3 Å². The number of rotatable bonds is 2. The summed E-state index contributed by atoms with van der Waals surface area (Å²) in [7, 11) is 0. The molecule has 1 amide bonds. The number of carbonyl (C=O) groups excluding carboxylic acids is 1. The van der Waals surface area contributed by atoms with Crippen LogP contribution in [0.25, 0.3) is 0 Å². The summed E-state index contributed by atoms with van der Waals surface area (Å²) < 4.78 is -0.852. The maximum atomic E-state index is 11.6. The molecule has 0 radical (unpaired) electrons. The molecule has 0 aliphatic heterocycles. The number of nitrogens with one attached hydrogen (secondary N) is 1. The molecule has 80 valence electrons. The maximum Gasteiger partial charge on any atom is 0.230 e. The molecular weight excluding hydrogens is 233 g/mol. The lowest BCUT2D eigenvalue weighted by atomic mass is 10.2. The first kappa shape index (κ1) is 10.8. The minimum Gasteiger partial charge on any atom is -0.326 e. The second kappa shape index (κ2) is 3.69. The molecule has 2 nitrogen and oxygen atoms in total. The van der Waals surface area contributed by atoms with E-state index >= 15 is 0 Å². The van der Waals surface area contributed by atoms with Gasteiger partial charge in [-0.15, -0.1) is 23.2 Å². The quantitative estimate of drug-likeness (QED) is 0.795. The number of hydrogen-bond donors (Lipinski definition) is 1. The van der Waals surface area contributed by atoms with Gasteiger partial charge in [0.05, 0.1) is 5.92 Å². The van der Waals surface area contributed by atoms with Crippen molar-refractivity contribution in [2.75, 3.05) is 5.32 Å². The molecule has 1 aliphatic rings. The lowest BCUT2D eigenvalue weighted by Crippen LogP contribution is -2.16. The minimum absolute atomic E-state index is 0.108. The number of benzene rings is 1. The van der Waals surface area contributed by atoms with E-state index in [1.54, 1.807) is 0 Å². The first-order chi connectivity index (χ1) is 6.99. The number of hydrogen-bond acceptors (Lipinski definition) is 1. The number of aryl methyl sites for hydroxylation is 1. The van der Waals surface area contributed by atoms with E-state index in [1.165, 1.54) is 0 Å². The molecule has 0 aromatic heterocycles. The van der Waals surface area contributed by atoms with Crippen molar-refractivity contribution in [2.45, 2.75) is 17.7 Å². The van der Waals surface area contributed by atoms with Crippen LogP contribution >= 0.6 is 23.2 Å². The van der Waals surface area contributed by atoms with Crippen LogP contribution in [0.4, 0.5) is 5.69 Å². The predicted octanol–water partition coefficient (Wildman–Crippen LogP) is 3.13. The van der Waals surface area contributed by atoms with Crippen LogP contribution < -0.4 is 5.32 Å². The SMILES string of the molecule is Cc1ccc(NC(=O)[C@@H]2CC2(Cl)Cl)cc1. The summed E-state index contributed by atoms with van der Waals surface area (Å²) in [5.41, 5.74) is 1.94. The Bertz CT molecular complexity index is 386.